The van der Waals surface area contributed by atoms with Crippen LogP contribution in [0.3, 0.4) is 0 Å². The van der Waals surface area contributed by atoms with Gasteiger partial charge in [-0.2, -0.15) is 5.26 Å². The van der Waals surface area contributed by atoms with Crippen molar-refractivity contribution in [1.29, 1.82) is 5.26 Å². The van der Waals surface area contributed by atoms with Gasteiger partial charge in [-0.1, -0.05) is 48.5 Å². The van der Waals surface area contributed by atoms with Gasteiger partial charge in [-0.25, -0.2) is 4.79 Å². The van der Waals surface area contributed by atoms with Crippen LogP contribution in [0.5, 0.6) is 0 Å². The van der Waals surface area contributed by atoms with Crippen LogP contribution in [0.4, 0.5) is 4.79 Å². The summed E-state index contributed by atoms with van der Waals surface area (Å²) in [6.07, 6.45) is 0. The predicted octanol–water partition coefficient (Wildman–Crippen LogP) is 2.07. The number of amides is 3. The lowest BCUT2D eigenvalue weighted by Gasteiger charge is -2.21. The van der Waals surface area contributed by atoms with Crippen LogP contribution in [-0.2, 0) is 26.5 Å². The van der Waals surface area contributed by atoms with Gasteiger partial charge in [-0.15, -0.1) is 0 Å². The van der Waals surface area contributed by atoms with Gasteiger partial charge in [0, 0.05) is 5.56 Å². The minimum atomic E-state index is -1.23. The van der Waals surface area contributed by atoms with E-state index in [1.807, 2.05) is 12.1 Å². The highest BCUT2D eigenvalue weighted by Crippen LogP contribution is 2.28. The van der Waals surface area contributed by atoms with Crippen molar-refractivity contribution in [3.63, 3.8) is 0 Å². The molecule has 27 heavy (non-hydrogen) atoms. The van der Waals surface area contributed by atoms with Crippen molar-refractivity contribution in [3.8, 4) is 6.07 Å². The first-order valence-electron chi connectivity index (χ1n) is 8.29. The lowest BCUT2D eigenvalue weighted by atomic mass is 9.92. The number of urea groups is 1. The Hall–Kier alpha value is -3.66. The van der Waals surface area contributed by atoms with Gasteiger partial charge in [0.15, 0.2) is 0 Å². The van der Waals surface area contributed by atoms with Gasteiger partial charge in [0.2, 0.25) is 0 Å². The third-order valence-electron chi connectivity index (χ3n) is 4.44. The quantitative estimate of drug-likeness (QED) is 0.647. The highest BCUT2D eigenvalue weighted by atomic mass is 16.5. The van der Waals surface area contributed by atoms with Gasteiger partial charge >= 0.3 is 12.0 Å². The molecule has 1 atom stereocenters. The largest absolute Gasteiger partial charge is 0.459 e. The highest BCUT2D eigenvalue weighted by Gasteiger charge is 2.49. The van der Waals surface area contributed by atoms with Crippen molar-refractivity contribution >= 4 is 17.9 Å². The normalized spacial score (nSPS) is 18.7. The third kappa shape index (κ3) is 3.51. The van der Waals surface area contributed by atoms with Crippen LogP contribution >= 0.6 is 0 Å². The Balaban J connectivity index is 1.67. The smallest absolute Gasteiger partial charge is 0.326 e. The van der Waals surface area contributed by atoms with Crippen molar-refractivity contribution in [1.82, 2.24) is 10.2 Å². The molecule has 1 aliphatic heterocycles. The van der Waals surface area contributed by atoms with Crippen molar-refractivity contribution in [2.75, 3.05) is 6.54 Å². The monoisotopic (exact) mass is 363 g/mol. The maximum Gasteiger partial charge on any atom is 0.326 e. The molecule has 7 heteroatoms. The fourth-order valence-corrected chi connectivity index (χ4v) is 2.90. The maximum absolute atomic E-state index is 12.7. The second-order valence-electron chi connectivity index (χ2n) is 6.24. The number of hydrogen-bond acceptors (Lipinski definition) is 5. The Morgan fingerprint density at radius 1 is 1.15 bits per heavy atom. The Morgan fingerprint density at radius 2 is 1.81 bits per heavy atom. The molecule has 1 saturated heterocycles. The molecule has 1 aliphatic rings. The van der Waals surface area contributed by atoms with Crippen LogP contribution in [0.1, 0.15) is 23.6 Å². The lowest BCUT2D eigenvalue weighted by Crippen LogP contribution is -2.41. The number of benzene rings is 2. The van der Waals surface area contributed by atoms with E-state index in [9.17, 15) is 14.4 Å². The summed E-state index contributed by atoms with van der Waals surface area (Å²) >= 11 is 0. The summed E-state index contributed by atoms with van der Waals surface area (Å²) in [5.41, 5.74) is 0.352. The number of imide groups is 1. The summed E-state index contributed by atoms with van der Waals surface area (Å²) in [7, 11) is 0. The fraction of sp³-hybridized carbons (Fsp3) is 0.200. The average Bonchev–Trinajstić information content (AvgIpc) is 2.91. The van der Waals surface area contributed by atoms with Crippen molar-refractivity contribution in [2.24, 2.45) is 0 Å². The molecule has 0 aliphatic carbocycles. The molecule has 0 radical (unpaired) electrons. The molecule has 2 aromatic rings. The standard InChI is InChI=1S/C20H17N3O4/c1-20(16-9-3-2-4-10-16)18(25)23(19(26)22-20)12-17(24)27-13-15-8-6-5-7-14(15)11-21/h2-10H,12-13H2,1H3,(H,22,26)/t20-/m0/s1. The topological polar surface area (TPSA) is 99.5 Å². The number of nitrogens with zero attached hydrogens (tertiary/aromatic N) is 2. The summed E-state index contributed by atoms with van der Waals surface area (Å²) in [6, 6.07) is 16.9. The average molecular weight is 363 g/mol. The zero-order valence-electron chi connectivity index (χ0n) is 14.6. The Kier molecular flexibility index (Phi) is 4.90. The second kappa shape index (κ2) is 7.30. The van der Waals surface area contributed by atoms with E-state index in [0.717, 1.165) is 4.90 Å². The first-order chi connectivity index (χ1) is 13.0. The van der Waals surface area contributed by atoms with Crippen LogP contribution < -0.4 is 5.32 Å². The van der Waals surface area contributed by atoms with E-state index >= 15 is 0 Å². The zero-order chi connectivity index (χ0) is 19.4. The van der Waals surface area contributed by atoms with Crippen molar-refractivity contribution in [2.45, 2.75) is 19.1 Å². The predicted molar refractivity (Wildman–Crippen MR) is 95.0 cm³/mol. The van der Waals surface area contributed by atoms with Gasteiger partial charge in [0.1, 0.15) is 18.7 Å². The molecule has 0 bridgehead atoms. The number of ether oxygens (including phenoxy) is 1. The summed E-state index contributed by atoms with van der Waals surface area (Å²) in [5, 5.41) is 11.7. The van der Waals surface area contributed by atoms with Gasteiger partial charge in [-0.05, 0) is 18.6 Å². The van der Waals surface area contributed by atoms with Crippen LogP contribution in [0.15, 0.2) is 54.6 Å². The number of hydrogen-bond donors (Lipinski definition) is 1. The highest BCUT2D eigenvalue weighted by molar-refractivity contribution is 6.08. The Bertz CT molecular complexity index is 936. The lowest BCUT2D eigenvalue weighted by molar-refractivity contribution is -0.148. The molecule has 136 valence electrons. The summed E-state index contributed by atoms with van der Waals surface area (Å²) in [6.45, 7) is 0.987. The van der Waals surface area contributed by atoms with E-state index in [-0.39, 0.29) is 6.61 Å². The Labute approximate surface area is 156 Å². The number of nitriles is 1. The maximum atomic E-state index is 12.7. The minimum absolute atomic E-state index is 0.109. The van der Waals surface area contributed by atoms with E-state index in [1.54, 1.807) is 55.5 Å². The molecule has 1 fully saturated rings. The van der Waals surface area contributed by atoms with Gasteiger partial charge < -0.3 is 10.1 Å². The molecule has 0 saturated carbocycles. The first-order valence-corrected chi connectivity index (χ1v) is 8.29. The van der Waals surface area contributed by atoms with Crippen LogP contribution in [0, 0.1) is 11.3 Å². The number of carbonyl (C=O) groups is 3. The molecule has 3 amide bonds. The number of rotatable bonds is 5. The molecule has 2 aromatic carbocycles. The van der Waals surface area contributed by atoms with Gasteiger partial charge in [0.25, 0.3) is 5.91 Å². The van der Waals surface area contributed by atoms with Crippen molar-refractivity contribution < 1.29 is 19.1 Å². The summed E-state index contributed by atoms with van der Waals surface area (Å²) in [5.74, 6) is -1.25. The van der Waals surface area contributed by atoms with Crippen LogP contribution in [-0.4, -0.2) is 29.4 Å². The zero-order valence-corrected chi connectivity index (χ0v) is 14.6. The molecule has 7 nitrogen and oxygen atoms in total. The molecule has 0 unspecified atom stereocenters. The minimum Gasteiger partial charge on any atom is -0.459 e. The molecule has 1 N–H and O–H groups in total. The van der Waals surface area contributed by atoms with E-state index in [4.69, 9.17) is 10.00 Å². The van der Waals surface area contributed by atoms with Crippen molar-refractivity contribution in [3.05, 3.63) is 71.3 Å². The number of nitrogens with one attached hydrogen (secondary N) is 1. The SMILES string of the molecule is C[C@@]1(c2ccccc2)NC(=O)N(CC(=O)OCc2ccccc2C#N)C1=O. The van der Waals surface area contributed by atoms with E-state index < -0.39 is 30.0 Å². The molecule has 3 rings (SSSR count). The van der Waals surface area contributed by atoms with Crippen LogP contribution in [0.2, 0.25) is 0 Å². The van der Waals surface area contributed by atoms with E-state index in [1.165, 1.54) is 0 Å². The fourth-order valence-electron chi connectivity index (χ4n) is 2.90. The molecule has 1 heterocycles. The number of carbonyl (C=O) groups excluding carboxylic acids is 3. The van der Waals surface area contributed by atoms with Gasteiger partial charge in [0.05, 0.1) is 11.6 Å². The molecule has 0 spiro atoms. The first kappa shape index (κ1) is 18.1. The molecular weight excluding hydrogens is 346 g/mol. The third-order valence-corrected chi connectivity index (χ3v) is 4.44. The summed E-state index contributed by atoms with van der Waals surface area (Å²) in [4.78, 5) is 37.9. The molecule has 0 aromatic heterocycles. The molecular formula is C20H17N3O4. The summed E-state index contributed by atoms with van der Waals surface area (Å²) < 4.78 is 5.14. The second-order valence-corrected chi connectivity index (χ2v) is 6.24. The van der Waals surface area contributed by atoms with E-state index in [0.29, 0.717) is 16.7 Å². The van der Waals surface area contributed by atoms with Gasteiger partial charge in [-0.3, -0.25) is 14.5 Å². The van der Waals surface area contributed by atoms with E-state index in [2.05, 4.69) is 5.32 Å². The Morgan fingerprint density at radius 3 is 2.52 bits per heavy atom. The van der Waals surface area contributed by atoms with Crippen LogP contribution in [0.25, 0.3) is 0 Å². The number of esters is 1.